The number of methoxy groups -OCH3 is 2. The van der Waals surface area contributed by atoms with E-state index in [1.54, 1.807) is 20.3 Å². The standard InChI is InChI=1S/C42H55NO6SSi/c1-8-15-33(2)41(50(45,46)43(31-34-20-24-37(47-6)25-21-34)32-35-22-26-38(48-7)27-23-35)30-36(44)28-29-49-51(42(3,4)5,39-16-11-9-12-17-39)40-18-13-10-14-19-40/h8-14,16-27,33,36,41,44H,1,15,28-32H2,2-7H3/t33-,36+,41+/m0/s1. The van der Waals surface area contributed by atoms with Gasteiger partial charge in [0.25, 0.3) is 8.32 Å². The Morgan fingerprint density at radius 1 is 0.784 bits per heavy atom. The highest BCUT2D eigenvalue weighted by molar-refractivity contribution is 7.89. The van der Waals surface area contributed by atoms with E-state index in [1.807, 2.05) is 91.9 Å². The fraction of sp³-hybridized carbons (Fsp3) is 0.381. The van der Waals surface area contributed by atoms with E-state index in [4.69, 9.17) is 13.9 Å². The number of allylic oxidation sites excluding steroid dienone is 1. The van der Waals surface area contributed by atoms with Crippen molar-refractivity contribution in [2.75, 3.05) is 20.8 Å². The van der Waals surface area contributed by atoms with Crippen LogP contribution in [-0.2, 0) is 27.5 Å². The molecule has 0 unspecified atom stereocenters. The molecule has 0 amide bonds. The van der Waals surface area contributed by atoms with Gasteiger partial charge in [-0.05, 0) is 76.0 Å². The Hall–Kier alpha value is -3.73. The summed E-state index contributed by atoms with van der Waals surface area (Å²) in [6, 6.07) is 35.6. The maximum absolute atomic E-state index is 14.8. The third-order valence-corrected chi connectivity index (χ3v) is 17.1. The van der Waals surface area contributed by atoms with Crippen molar-refractivity contribution in [3.8, 4) is 11.5 Å². The van der Waals surface area contributed by atoms with Gasteiger partial charge in [-0.2, -0.15) is 4.31 Å². The molecule has 0 aliphatic carbocycles. The summed E-state index contributed by atoms with van der Waals surface area (Å²) in [4.78, 5) is 0. The number of aliphatic hydroxyl groups is 1. The Morgan fingerprint density at radius 3 is 1.63 bits per heavy atom. The van der Waals surface area contributed by atoms with E-state index in [0.29, 0.717) is 30.9 Å². The monoisotopic (exact) mass is 729 g/mol. The van der Waals surface area contributed by atoms with Crippen molar-refractivity contribution < 1.29 is 27.4 Å². The number of ether oxygens (including phenoxy) is 2. The van der Waals surface area contributed by atoms with Crippen LogP contribution < -0.4 is 19.8 Å². The molecule has 4 aromatic carbocycles. The smallest absolute Gasteiger partial charge is 0.261 e. The molecule has 4 aromatic rings. The number of rotatable bonds is 19. The minimum Gasteiger partial charge on any atom is -0.497 e. The lowest BCUT2D eigenvalue weighted by Crippen LogP contribution is -2.66. The summed E-state index contributed by atoms with van der Waals surface area (Å²) in [7, 11) is -3.55. The van der Waals surface area contributed by atoms with Gasteiger partial charge < -0.3 is 19.0 Å². The lowest BCUT2D eigenvalue weighted by Gasteiger charge is -2.43. The molecule has 3 atom stereocenters. The minimum absolute atomic E-state index is 0.0726. The van der Waals surface area contributed by atoms with Gasteiger partial charge in [-0.3, -0.25) is 0 Å². The van der Waals surface area contributed by atoms with Crippen LogP contribution in [0.1, 0.15) is 58.1 Å². The zero-order valence-electron chi connectivity index (χ0n) is 31.0. The predicted molar refractivity (Wildman–Crippen MR) is 211 cm³/mol. The van der Waals surface area contributed by atoms with Crippen LogP contribution in [0.4, 0.5) is 0 Å². The van der Waals surface area contributed by atoms with Crippen LogP contribution in [0.2, 0.25) is 5.04 Å². The van der Waals surface area contributed by atoms with Crippen molar-refractivity contribution in [1.29, 1.82) is 0 Å². The first-order valence-corrected chi connectivity index (χ1v) is 21.1. The van der Waals surface area contributed by atoms with E-state index < -0.39 is 29.7 Å². The van der Waals surface area contributed by atoms with Gasteiger partial charge in [0.1, 0.15) is 11.5 Å². The van der Waals surface area contributed by atoms with Crippen LogP contribution in [0.3, 0.4) is 0 Å². The molecule has 0 spiro atoms. The average molecular weight is 730 g/mol. The Morgan fingerprint density at radius 2 is 1.24 bits per heavy atom. The highest BCUT2D eigenvalue weighted by Crippen LogP contribution is 2.37. The van der Waals surface area contributed by atoms with Gasteiger partial charge >= 0.3 is 0 Å². The molecule has 0 heterocycles. The van der Waals surface area contributed by atoms with Crippen LogP contribution in [0, 0.1) is 5.92 Å². The van der Waals surface area contributed by atoms with Gasteiger partial charge in [0, 0.05) is 19.7 Å². The number of hydrogen-bond acceptors (Lipinski definition) is 6. The predicted octanol–water partition coefficient (Wildman–Crippen LogP) is 7.33. The van der Waals surface area contributed by atoms with E-state index in [2.05, 4.69) is 51.6 Å². The first-order chi connectivity index (χ1) is 24.3. The molecule has 9 heteroatoms. The zero-order chi connectivity index (χ0) is 37.1. The highest BCUT2D eigenvalue weighted by Gasteiger charge is 2.50. The van der Waals surface area contributed by atoms with Crippen molar-refractivity contribution in [3.05, 3.63) is 133 Å². The summed E-state index contributed by atoms with van der Waals surface area (Å²) in [5.41, 5.74) is 1.67. The van der Waals surface area contributed by atoms with Crippen LogP contribution >= 0.6 is 0 Å². The average Bonchev–Trinajstić information content (AvgIpc) is 3.13. The van der Waals surface area contributed by atoms with Crippen LogP contribution in [0.5, 0.6) is 11.5 Å². The van der Waals surface area contributed by atoms with Crippen LogP contribution in [-0.4, -0.2) is 58.3 Å². The maximum Gasteiger partial charge on any atom is 0.261 e. The maximum atomic E-state index is 14.8. The fourth-order valence-corrected chi connectivity index (χ4v) is 13.6. The van der Waals surface area contributed by atoms with Crippen LogP contribution in [0.15, 0.2) is 122 Å². The quantitative estimate of drug-likeness (QED) is 0.0804. The summed E-state index contributed by atoms with van der Waals surface area (Å²) < 4.78 is 48.8. The van der Waals surface area contributed by atoms with E-state index >= 15 is 0 Å². The van der Waals surface area contributed by atoms with E-state index in [1.165, 1.54) is 4.31 Å². The van der Waals surface area contributed by atoms with Gasteiger partial charge in [0.2, 0.25) is 10.0 Å². The molecule has 0 bridgehead atoms. The molecule has 51 heavy (non-hydrogen) atoms. The Bertz CT molecular complexity index is 1650. The number of benzene rings is 4. The van der Waals surface area contributed by atoms with Gasteiger partial charge in [-0.25, -0.2) is 8.42 Å². The molecule has 0 aliphatic rings. The van der Waals surface area contributed by atoms with Crippen molar-refractivity contribution in [3.63, 3.8) is 0 Å². The molecule has 0 radical (unpaired) electrons. The second-order valence-corrected chi connectivity index (χ2v) is 20.7. The largest absolute Gasteiger partial charge is 0.497 e. The molecule has 0 fully saturated rings. The summed E-state index contributed by atoms with van der Waals surface area (Å²) in [6.45, 7) is 13.1. The van der Waals surface area contributed by atoms with Crippen molar-refractivity contribution in [2.24, 2.45) is 5.92 Å². The van der Waals surface area contributed by atoms with Gasteiger partial charge in [-0.1, -0.05) is 119 Å². The van der Waals surface area contributed by atoms with Crippen molar-refractivity contribution in [2.45, 2.75) is 76.4 Å². The lowest BCUT2D eigenvalue weighted by molar-refractivity contribution is 0.122. The number of aliphatic hydroxyl groups excluding tert-OH is 1. The molecule has 7 nitrogen and oxygen atoms in total. The molecular formula is C42H55NO6SSi. The number of hydrogen-bond donors (Lipinski definition) is 1. The molecule has 4 rings (SSSR count). The SMILES string of the molecule is C=CC[C@H](C)[C@@H](C[C@H](O)CCO[Si](c1ccccc1)(c1ccccc1)C(C)(C)C)S(=O)(=O)N(Cc1ccc(OC)cc1)Cc1ccc(OC)cc1. The molecule has 0 aromatic heterocycles. The Balaban J connectivity index is 1.62. The number of nitrogens with zero attached hydrogens (tertiary/aromatic N) is 1. The Kier molecular flexibility index (Phi) is 14.3. The normalized spacial score (nSPS) is 14.1. The fourth-order valence-electron chi connectivity index (χ4n) is 6.85. The molecule has 274 valence electrons. The summed E-state index contributed by atoms with van der Waals surface area (Å²) in [6.07, 6.45) is 1.72. The topological polar surface area (TPSA) is 85.3 Å². The molecule has 0 saturated carbocycles. The zero-order valence-corrected chi connectivity index (χ0v) is 32.8. The first kappa shape index (κ1) is 40.0. The molecule has 1 N–H and O–H groups in total. The number of sulfonamides is 1. The molecule has 0 saturated heterocycles. The van der Waals surface area contributed by atoms with E-state index in [9.17, 15) is 13.5 Å². The lowest BCUT2D eigenvalue weighted by atomic mass is 9.98. The van der Waals surface area contributed by atoms with Crippen molar-refractivity contribution in [1.82, 2.24) is 4.31 Å². The minimum atomic E-state index is -3.94. The first-order valence-electron chi connectivity index (χ1n) is 17.6. The second-order valence-electron chi connectivity index (χ2n) is 14.2. The second kappa shape index (κ2) is 18.2. The van der Waals surface area contributed by atoms with Crippen molar-refractivity contribution >= 4 is 28.7 Å². The third kappa shape index (κ3) is 9.99. The molecular weight excluding hydrogens is 675 g/mol. The van der Waals surface area contributed by atoms with Gasteiger partial charge in [-0.15, -0.1) is 6.58 Å². The van der Waals surface area contributed by atoms with Crippen LogP contribution in [0.25, 0.3) is 0 Å². The molecule has 0 aliphatic heterocycles. The summed E-state index contributed by atoms with van der Waals surface area (Å²) >= 11 is 0. The third-order valence-electron chi connectivity index (χ3n) is 9.64. The summed E-state index contributed by atoms with van der Waals surface area (Å²) in [5, 5.41) is 12.9. The highest BCUT2D eigenvalue weighted by atomic mass is 32.2. The summed E-state index contributed by atoms with van der Waals surface area (Å²) in [5.74, 6) is 1.11. The van der Waals surface area contributed by atoms with E-state index in [0.717, 1.165) is 21.5 Å². The Labute approximate surface area is 307 Å². The van der Waals surface area contributed by atoms with E-state index in [-0.39, 0.29) is 30.5 Å². The van der Waals surface area contributed by atoms with Gasteiger partial charge in [0.05, 0.1) is 25.6 Å². The van der Waals surface area contributed by atoms with Gasteiger partial charge in [0.15, 0.2) is 0 Å².